The van der Waals surface area contributed by atoms with Gasteiger partial charge < -0.3 is 24.2 Å². The van der Waals surface area contributed by atoms with E-state index in [0.717, 1.165) is 49.5 Å². The predicted molar refractivity (Wildman–Crippen MR) is 99.5 cm³/mol. The first-order valence-corrected chi connectivity index (χ1v) is 9.40. The lowest BCUT2D eigenvalue weighted by Gasteiger charge is -2.27. The number of benzene rings is 1. The van der Waals surface area contributed by atoms with Crippen molar-refractivity contribution in [2.24, 2.45) is 7.05 Å². The summed E-state index contributed by atoms with van der Waals surface area (Å²) in [7, 11) is 2.01. The minimum Gasteiger partial charge on any atom is -0.396 e. The van der Waals surface area contributed by atoms with E-state index in [0.29, 0.717) is 25.2 Å². The van der Waals surface area contributed by atoms with Crippen LogP contribution < -0.4 is 4.90 Å². The molecule has 4 rings (SSSR count). The van der Waals surface area contributed by atoms with E-state index in [1.54, 1.807) is 0 Å². The number of ether oxygens (including phenoxy) is 1. The van der Waals surface area contributed by atoms with Crippen molar-refractivity contribution in [3.05, 3.63) is 23.8 Å². The SMILES string of the molecule is Cn1c(N2CCOCC2)nc2cc(C(=O)N3CCC[C@H]3CCO)ccc21. The van der Waals surface area contributed by atoms with Gasteiger partial charge in [-0.3, -0.25) is 4.79 Å². The zero-order chi connectivity index (χ0) is 18.1. The Morgan fingerprint density at radius 3 is 2.88 bits per heavy atom. The van der Waals surface area contributed by atoms with Crippen molar-refractivity contribution in [3.63, 3.8) is 0 Å². The number of carbonyl (C=O) groups excluding carboxylic acids is 1. The normalized spacial score (nSPS) is 20.9. The number of aromatic nitrogens is 2. The van der Waals surface area contributed by atoms with Gasteiger partial charge in [0, 0.05) is 44.9 Å². The van der Waals surface area contributed by atoms with Gasteiger partial charge >= 0.3 is 0 Å². The number of likely N-dealkylation sites (tertiary alicyclic amines) is 1. The molecule has 0 saturated carbocycles. The topological polar surface area (TPSA) is 70.8 Å². The number of hydrogen-bond acceptors (Lipinski definition) is 5. The Morgan fingerprint density at radius 2 is 2.12 bits per heavy atom. The predicted octanol–water partition coefficient (Wildman–Crippen LogP) is 1.40. The van der Waals surface area contributed by atoms with Gasteiger partial charge in [-0.1, -0.05) is 0 Å². The fourth-order valence-electron chi connectivity index (χ4n) is 4.08. The number of morpholine rings is 1. The molecule has 26 heavy (non-hydrogen) atoms. The average molecular weight is 358 g/mol. The fourth-order valence-corrected chi connectivity index (χ4v) is 4.08. The second-order valence-electron chi connectivity index (χ2n) is 7.08. The number of hydrogen-bond donors (Lipinski definition) is 1. The smallest absolute Gasteiger partial charge is 0.254 e. The summed E-state index contributed by atoms with van der Waals surface area (Å²) in [5, 5.41) is 9.23. The van der Waals surface area contributed by atoms with Gasteiger partial charge in [0.2, 0.25) is 5.95 Å². The summed E-state index contributed by atoms with van der Waals surface area (Å²) in [5.74, 6) is 0.966. The third kappa shape index (κ3) is 3.05. The first-order valence-electron chi connectivity index (χ1n) is 9.40. The number of anilines is 1. The van der Waals surface area contributed by atoms with Crippen LogP contribution in [-0.4, -0.2) is 71.0 Å². The van der Waals surface area contributed by atoms with Gasteiger partial charge in [-0.25, -0.2) is 4.98 Å². The summed E-state index contributed by atoms with van der Waals surface area (Å²) in [6.45, 7) is 3.99. The third-order valence-electron chi connectivity index (χ3n) is 5.50. The molecule has 0 unspecified atom stereocenters. The van der Waals surface area contributed by atoms with Crippen LogP contribution in [0.3, 0.4) is 0 Å². The second-order valence-corrected chi connectivity index (χ2v) is 7.08. The highest BCUT2D eigenvalue weighted by Crippen LogP contribution is 2.26. The lowest BCUT2D eigenvalue weighted by atomic mass is 10.1. The zero-order valence-corrected chi connectivity index (χ0v) is 15.2. The summed E-state index contributed by atoms with van der Waals surface area (Å²) in [4.78, 5) is 21.9. The number of amides is 1. The molecule has 0 aliphatic carbocycles. The Kier molecular flexibility index (Phi) is 4.82. The Hall–Kier alpha value is -2.12. The van der Waals surface area contributed by atoms with E-state index in [1.807, 2.05) is 30.1 Å². The van der Waals surface area contributed by atoms with E-state index >= 15 is 0 Å². The summed E-state index contributed by atoms with van der Waals surface area (Å²) >= 11 is 0. The number of nitrogens with zero attached hydrogens (tertiary/aromatic N) is 4. The van der Waals surface area contributed by atoms with E-state index in [1.165, 1.54) is 0 Å². The molecule has 2 saturated heterocycles. The molecule has 2 aliphatic rings. The minimum atomic E-state index is 0.0430. The van der Waals surface area contributed by atoms with Crippen LogP contribution in [0.2, 0.25) is 0 Å². The quantitative estimate of drug-likeness (QED) is 0.895. The number of carbonyl (C=O) groups is 1. The largest absolute Gasteiger partial charge is 0.396 e. The van der Waals surface area contributed by atoms with Crippen LogP contribution in [0.15, 0.2) is 18.2 Å². The molecular formula is C19H26N4O3. The van der Waals surface area contributed by atoms with Crippen LogP contribution in [0, 0.1) is 0 Å². The standard InChI is InChI=1S/C19H26N4O3/c1-21-17-5-4-14(18(25)23-7-2-3-15(23)6-10-24)13-16(17)20-19(21)22-8-11-26-12-9-22/h4-5,13,15,24H,2-3,6-12H2,1H3/t15-/m0/s1. The Bertz CT molecular complexity index is 797. The fraction of sp³-hybridized carbons (Fsp3) is 0.579. The lowest BCUT2D eigenvalue weighted by molar-refractivity contribution is 0.0716. The summed E-state index contributed by atoms with van der Waals surface area (Å²) in [6.07, 6.45) is 2.63. The third-order valence-corrected chi connectivity index (χ3v) is 5.50. The highest BCUT2D eigenvalue weighted by molar-refractivity contribution is 5.98. The van der Waals surface area contributed by atoms with Gasteiger partial charge in [-0.15, -0.1) is 0 Å². The number of aliphatic hydroxyl groups is 1. The molecule has 1 atom stereocenters. The van der Waals surface area contributed by atoms with Crippen LogP contribution in [-0.2, 0) is 11.8 Å². The molecule has 1 aromatic heterocycles. The van der Waals surface area contributed by atoms with Gasteiger partial charge in [0.05, 0.1) is 24.2 Å². The molecule has 0 bridgehead atoms. The Morgan fingerprint density at radius 1 is 1.31 bits per heavy atom. The molecule has 140 valence electrons. The molecule has 7 heteroatoms. The van der Waals surface area contributed by atoms with Gasteiger partial charge in [-0.05, 0) is 37.5 Å². The van der Waals surface area contributed by atoms with Crippen molar-refractivity contribution in [1.82, 2.24) is 14.5 Å². The number of aryl methyl sites for hydroxylation is 1. The van der Waals surface area contributed by atoms with Gasteiger partial charge in [0.25, 0.3) is 5.91 Å². The number of fused-ring (bicyclic) bond motifs is 1. The molecule has 0 radical (unpaired) electrons. The highest BCUT2D eigenvalue weighted by Gasteiger charge is 2.29. The van der Waals surface area contributed by atoms with E-state index in [9.17, 15) is 9.90 Å². The molecular weight excluding hydrogens is 332 g/mol. The van der Waals surface area contributed by atoms with Gasteiger partial charge in [-0.2, -0.15) is 0 Å². The highest BCUT2D eigenvalue weighted by atomic mass is 16.5. The molecule has 1 aromatic carbocycles. The van der Waals surface area contributed by atoms with Crippen molar-refractivity contribution in [3.8, 4) is 0 Å². The number of rotatable bonds is 4. The van der Waals surface area contributed by atoms with Crippen LogP contribution in [0.25, 0.3) is 11.0 Å². The maximum Gasteiger partial charge on any atom is 0.254 e. The van der Waals surface area contributed by atoms with E-state index in [2.05, 4.69) is 9.47 Å². The Balaban J connectivity index is 1.62. The summed E-state index contributed by atoms with van der Waals surface area (Å²) in [6, 6.07) is 5.92. The summed E-state index contributed by atoms with van der Waals surface area (Å²) < 4.78 is 7.51. The van der Waals surface area contributed by atoms with Crippen molar-refractivity contribution < 1.29 is 14.6 Å². The summed E-state index contributed by atoms with van der Waals surface area (Å²) in [5.41, 5.74) is 2.54. The molecule has 2 aliphatic heterocycles. The molecule has 7 nitrogen and oxygen atoms in total. The van der Waals surface area contributed by atoms with Crippen LogP contribution in [0.4, 0.5) is 5.95 Å². The molecule has 2 aromatic rings. The molecule has 2 fully saturated rings. The maximum absolute atomic E-state index is 13.0. The second kappa shape index (κ2) is 7.25. The first-order chi connectivity index (χ1) is 12.7. The van der Waals surface area contributed by atoms with Crippen molar-refractivity contribution >= 4 is 22.9 Å². The number of aliphatic hydroxyl groups excluding tert-OH is 1. The van der Waals surface area contributed by atoms with Crippen molar-refractivity contribution in [2.75, 3.05) is 44.4 Å². The van der Waals surface area contributed by atoms with E-state index < -0.39 is 0 Å². The molecule has 1 amide bonds. The molecule has 0 spiro atoms. The minimum absolute atomic E-state index is 0.0430. The van der Waals surface area contributed by atoms with Crippen LogP contribution >= 0.6 is 0 Å². The van der Waals surface area contributed by atoms with Crippen LogP contribution in [0.1, 0.15) is 29.6 Å². The molecule has 1 N–H and O–H groups in total. The monoisotopic (exact) mass is 358 g/mol. The first kappa shape index (κ1) is 17.3. The average Bonchev–Trinajstić information content (AvgIpc) is 3.26. The van der Waals surface area contributed by atoms with E-state index in [4.69, 9.17) is 9.72 Å². The van der Waals surface area contributed by atoms with Gasteiger partial charge in [0.1, 0.15) is 0 Å². The lowest BCUT2D eigenvalue weighted by Crippen LogP contribution is -2.37. The molecule has 3 heterocycles. The van der Waals surface area contributed by atoms with Crippen molar-refractivity contribution in [2.45, 2.75) is 25.3 Å². The van der Waals surface area contributed by atoms with Crippen molar-refractivity contribution in [1.29, 1.82) is 0 Å². The van der Waals surface area contributed by atoms with Gasteiger partial charge in [0.15, 0.2) is 0 Å². The van der Waals surface area contributed by atoms with E-state index in [-0.39, 0.29) is 18.6 Å². The maximum atomic E-state index is 13.0. The van der Waals surface area contributed by atoms with Crippen LogP contribution in [0.5, 0.6) is 0 Å². The Labute approximate surface area is 153 Å². The zero-order valence-electron chi connectivity index (χ0n) is 15.2. The number of imidazole rings is 1.